The van der Waals surface area contributed by atoms with E-state index in [0.717, 1.165) is 10.5 Å². The Balaban J connectivity index is 1.56. The van der Waals surface area contributed by atoms with Gasteiger partial charge in [0.1, 0.15) is 5.75 Å². The van der Waals surface area contributed by atoms with Crippen molar-refractivity contribution < 1.29 is 9.53 Å². The fourth-order valence-electron chi connectivity index (χ4n) is 2.96. The van der Waals surface area contributed by atoms with Crippen LogP contribution >= 0.6 is 35.0 Å². The molecule has 0 fully saturated rings. The Morgan fingerprint density at radius 1 is 1.06 bits per heavy atom. The summed E-state index contributed by atoms with van der Waals surface area (Å²) in [6.45, 7) is 0.484. The number of nitrogens with one attached hydrogen (secondary N) is 1. The van der Waals surface area contributed by atoms with E-state index >= 15 is 0 Å². The molecule has 1 aromatic heterocycles. The first-order valence-electron chi connectivity index (χ1n) is 9.59. The molecular weight excluding hydrogens is 467 g/mol. The van der Waals surface area contributed by atoms with Gasteiger partial charge in [0.15, 0.2) is 5.16 Å². The van der Waals surface area contributed by atoms with E-state index in [9.17, 15) is 4.79 Å². The molecule has 4 aromatic rings. The van der Waals surface area contributed by atoms with Gasteiger partial charge in [-0.25, -0.2) is 4.68 Å². The number of hydrogen-bond acceptors (Lipinski definition) is 5. The summed E-state index contributed by atoms with van der Waals surface area (Å²) < 4.78 is 6.93. The molecule has 0 spiro atoms. The highest BCUT2D eigenvalue weighted by Gasteiger charge is 2.15. The Labute approximate surface area is 199 Å². The van der Waals surface area contributed by atoms with Crippen LogP contribution in [0.1, 0.15) is 15.9 Å². The number of para-hydroxylation sites is 1. The molecule has 9 heteroatoms. The van der Waals surface area contributed by atoms with E-state index in [1.54, 1.807) is 36.1 Å². The molecule has 0 atom stereocenters. The lowest BCUT2D eigenvalue weighted by molar-refractivity contribution is 0.102. The average Bonchev–Trinajstić information content (AvgIpc) is 3.15. The van der Waals surface area contributed by atoms with E-state index in [1.165, 1.54) is 11.8 Å². The third-order valence-corrected chi connectivity index (χ3v) is 6.00. The maximum atomic E-state index is 12.8. The molecular formula is C23H18Cl2N4O2S. The summed E-state index contributed by atoms with van der Waals surface area (Å²) in [5, 5.41) is 8.68. The number of methoxy groups -OCH3 is 1. The van der Waals surface area contributed by atoms with E-state index in [2.05, 4.69) is 15.4 Å². The van der Waals surface area contributed by atoms with Crippen LogP contribution in [-0.2, 0) is 6.54 Å². The standard InChI is InChI=1S/C23H18Cl2N4O2S/c1-31-18-6-4-5-16(13-18)21(30)26-19-7-2-3-8-20(19)32-23-27-22(25)28-29(23)14-15-9-11-17(24)12-10-15/h2-13H,14H2,1H3,(H,26,30). The van der Waals surface area contributed by atoms with Gasteiger partial charge in [-0.05, 0) is 71.4 Å². The molecule has 0 radical (unpaired) electrons. The van der Waals surface area contributed by atoms with Crippen LogP contribution in [0.4, 0.5) is 5.69 Å². The van der Waals surface area contributed by atoms with Gasteiger partial charge in [-0.1, -0.05) is 41.9 Å². The molecule has 3 aromatic carbocycles. The number of halogens is 2. The molecule has 6 nitrogen and oxygen atoms in total. The number of nitrogens with zero attached hydrogens (tertiary/aromatic N) is 3. The van der Waals surface area contributed by atoms with Gasteiger partial charge in [-0.2, -0.15) is 4.98 Å². The number of carbonyl (C=O) groups is 1. The minimum Gasteiger partial charge on any atom is -0.497 e. The third-order valence-electron chi connectivity index (χ3n) is 4.53. The van der Waals surface area contributed by atoms with Gasteiger partial charge in [-0.15, -0.1) is 5.10 Å². The van der Waals surface area contributed by atoms with Crippen molar-refractivity contribution in [2.75, 3.05) is 12.4 Å². The predicted octanol–water partition coefficient (Wildman–Crippen LogP) is 6.05. The number of hydrogen-bond donors (Lipinski definition) is 1. The normalized spacial score (nSPS) is 10.7. The molecule has 0 saturated heterocycles. The zero-order chi connectivity index (χ0) is 22.5. The van der Waals surface area contributed by atoms with Crippen molar-refractivity contribution in [3.8, 4) is 5.75 Å². The largest absolute Gasteiger partial charge is 0.497 e. The van der Waals surface area contributed by atoms with E-state index < -0.39 is 0 Å². The molecule has 0 bridgehead atoms. The lowest BCUT2D eigenvalue weighted by atomic mass is 10.2. The molecule has 1 heterocycles. The Hall–Kier alpha value is -3.00. The lowest BCUT2D eigenvalue weighted by Gasteiger charge is -2.12. The van der Waals surface area contributed by atoms with E-state index in [0.29, 0.717) is 33.7 Å². The minimum atomic E-state index is -0.238. The molecule has 0 unspecified atom stereocenters. The Morgan fingerprint density at radius 2 is 1.84 bits per heavy atom. The maximum absolute atomic E-state index is 12.8. The van der Waals surface area contributed by atoms with Crippen molar-refractivity contribution in [1.82, 2.24) is 14.8 Å². The number of carbonyl (C=O) groups excluding carboxylic acids is 1. The van der Waals surface area contributed by atoms with Crippen molar-refractivity contribution in [2.24, 2.45) is 0 Å². The predicted molar refractivity (Wildman–Crippen MR) is 127 cm³/mol. The second-order valence-electron chi connectivity index (χ2n) is 6.73. The van der Waals surface area contributed by atoms with Crippen molar-refractivity contribution in [3.05, 3.63) is 94.2 Å². The zero-order valence-corrected chi connectivity index (χ0v) is 19.3. The summed E-state index contributed by atoms with van der Waals surface area (Å²) >= 11 is 13.4. The van der Waals surface area contributed by atoms with Gasteiger partial charge in [0.05, 0.1) is 19.3 Å². The topological polar surface area (TPSA) is 69.0 Å². The van der Waals surface area contributed by atoms with Gasteiger partial charge in [-0.3, -0.25) is 4.79 Å². The Bertz CT molecular complexity index is 1240. The first-order chi connectivity index (χ1) is 15.5. The van der Waals surface area contributed by atoms with Gasteiger partial charge < -0.3 is 10.1 Å². The van der Waals surface area contributed by atoms with Gasteiger partial charge in [0, 0.05) is 15.5 Å². The molecule has 0 aliphatic carbocycles. The number of ether oxygens (including phenoxy) is 1. The van der Waals surface area contributed by atoms with Crippen molar-refractivity contribution in [1.29, 1.82) is 0 Å². The second kappa shape index (κ2) is 10.1. The maximum Gasteiger partial charge on any atom is 0.255 e. The van der Waals surface area contributed by atoms with E-state index in [1.807, 2.05) is 48.5 Å². The molecule has 162 valence electrons. The summed E-state index contributed by atoms with van der Waals surface area (Å²) in [5.74, 6) is 0.378. The molecule has 0 saturated carbocycles. The van der Waals surface area contributed by atoms with Crippen LogP contribution in [0.15, 0.2) is 82.8 Å². The molecule has 1 N–H and O–H groups in total. The number of aromatic nitrogens is 3. The Morgan fingerprint density at radius 3 is 2.62 bits per heavy atom. The van der Waals surface area contributed by atoms with Crippen molar-refractivity contribution in [3.63, 3.8) is 0 Å². The summed E-state index contributed by atoms with van der Waals surface area (Å²) in [4.78, 5) is 17.9. The SMILES string of the molecule is COc1cccc(C(=O)Nc2ccccc2Sc2nc(Cl)nn2Cc2ccc(Cl)cc2)c1. The summed E-state index contributed by atoms with van der Waals surface area (Å²) in [5.41, 5.74) is 2.16. The monoisotopic (exact) mass is 484 g/mol. The number of rotatable bonds is 7. The van der Waals surface area contributed by atoms with Crippen LogP contribution in [0.2, 0.25) is 10.3 Å². The average molecular weight is 485 g/mol. The minimum absolute atomic E-state index is 0.152. The van der Waals surface area contributed by atoms with Crippen LogP contribution < -0.4 is 10.1 Å². The molecule has 32 heavy (non-hydrogen) atoms. The number of anilines is 1. The summed E-state index contributed by atoms with van der Waals surface area (Å²) in [7, 11) is 1.56. The highest BCUT2D eigenvalue weighted by molar-refractivity contribution is 7.99. The highest BCUT2D eigenvalue weighted by Crippen LogP contribution is 2.33. The second-order valence-corrected chi connectivity index (χ2v) is 8.52. The van der Waals surface area contributed by atoms with Crippen LogP contribution in [0.5, 0.6) is 5.75 Å². The number of amides is 1. The summed E-state index contributed by atoms with van der Waals surface area (Å²) in [6, 6.07) is 22.0. The van der Waals surface area contributed by atoms with Gasteiger partial charge in [0.2, 0.25) is 5.28 Å². The molecule has 0 aliphatic heterocycles. The van der Waals surface area contributed by atoms with Gasteiger partial charge in [0.25, 0.3) is 5.91 Å². The first-order valence-corrected chi connectivity index (χ1v) is 11.2. The van der Waals surface area contributed by atoms with Crippen LogP contribution in [0.3, 0.4) is 0 Å². The highest BCUT2D eigenvalue weighted by atomic mass is 35.5. The van der Waals surface area contributed by atoms with Crippen LogP contribution in [0.25, 0.3) is 0 Å². The smallest absolute Gasteiger partial charge is 0.255 e. The quantitative estimate of drug-likeness (QED) is 0.345. The fraction of sp³-hybridized carbons (Fsp3) is 0.0870. The van der Waals surface area contributed by atoms with Crippen molar-refractivity contribution in [2.45, 2.75) is 16.6 Å². The summed E-state index contributed by atoms with van der Waals surface area (Å²) in [6.07, 6.45) is 0. The lowest BCUT2D eigenvalue weighted by Crippen LogP contribution is -2.12. The molecule has 0 aliphatic rings. The van der Waals surface area contributed by atoms with E-state index in [4.69, 9.17) is 27.9 Å². The van der Waals surface area contributed by atoms with Gasteiger partial charge >= 0.3 is 0 Å². The van der Waals surface area contributed by atoms with E-state index in [-0.39, 0.29) is 11.2 Å². The first kappa shape index (κ1) is 22.2. The Kier molecular flexibility index (Phi) is 6.99. The third kappa shape index (κ3) is 5.43. The number of benzene rings is 3. The van der Waals surface area contributed by atoms with Crippen LogP contribution in [0, 0.1) is 0 Å². The van der Waals surface area contributed by atoms with Crippen molar-refractivity contribution >= 4 is 46.6 Å². The molecule has 4 rings (SSSR count). The zero-order valence-electron chi connectivity index (χ0n) is 17.0. The fourth-order valence-corrected chi connectivity index (χ4v) is 4.22. The molecule has 1 amide bonds. The van der Waals surface area contributed by atoms with Crippen LogP contribution in [-0.4, -0.2) is 27.8 Å².